The molecule has 2 aliphatic heterocycles. The van der Waals surface area contributed by atoms with E-state index in [1.807, 2.05) is 24.3 Å². The molecule has 2 amide bonds. The molecule has 0 aromatic heterocycles. The van der Waals surface area contributed by atoms with Crippen LogP contribution in [0.3, 0.4) is 0 Å². The summed E-state index contributed by atoms with van der Waals surface area (Å²) in [6, 6.07) is 7.98. The lowest BCUT2D eigenvalue weighted by atomic mass is 9.97. The highest BCUT2D eigenvalue weighted by molar-refractivity contribution is 5.99. The molecule has 1 unspecified atom stereocenters. The number of carbonyl (C=O) groups excluding carboxylic acids is 2. The largest absolute Gasteiger partial charge is 0.352 e. The number of amides is 2. The Labute approximate surface area is 150 Å². The zero-order valence-electron chi connectivity index (χ0n) is 15.3. The van der Waals surface area contributed by atoms with Gasteiger partial charge in [-0.1, -0.05) is 6.07 Å². The molecule has 0 radical (unpaired) electrons. The maximum atomic E-state index is 12.5. The van der Waals surface area contributed by atoms with Crippen LogP contribution in [0.5, 0.6) is 0 Å². The molecular formula is C20H29N3O2. The Morgan fingerprint density at radius 2 is 2.12 bits per heavy atom. The van der Waals surface area contributed by atoms with Gasteiger partial charge < -0.3 is 15.1 Å². The van der Waals surface area contributed by atoms with E-state index in [2.05, 4.69) is 24.1 Å². The first-order valence-electron chi connectivity index (χ1n) is 9.47. The number of likely N-dealkylation sites (tertiary alicyclic amines) is 1. The highest BCUT2D eigenvalue weighted by Gasteiger charge is 2.24. The monoisotopic (exact) mass is 343 g/mol. The molecule has 1 atom stereocenters. The van der Waals surface area contributed by atoms with Crippen LogP contribution in [0.25, 0.3) is 0 Å². The minimum absolute atomic E-state index is 0.0461. The number of hydrogen-bond donors (Lipinski definition) is 1. The Balaban J connectivity index is 1.57. The summed E-state index contributed by atoms with van der Waals surface area (Å²) in [7, 11) is 0. The van der Waals surface area contributed by atoms with E-state index >= 15 is 0 Å². The second-order valence-corrected chi connectivity index (χ2v) is 7.51. The molecule has 5 nitrogen and oxygen atoms in total. The molecule has 2 aliphatic rings. The summed E-state index contributed by atoms with van der Waals surface area (Å²) >= 11 is 0. The highest BCUT2D eigenvalue weighted by Crippen LogP contribution is 2.22. The summed E-state index contributed by atoms with van der Waals surface area (Å²) in [4.78, 5) is 28.7. The zero-order valence-corrected chi connectivity index (χ0v) is 15.3. The minimum atomic E-state index is -0.0461. The third-order valence-electron chi connectivity index (χ3n) is 5.33. The van der Waals surface area contributed by atoms with Crippen LogP contribution in [0.15, 0.2) is 24.3 Å². The van der Waals surface area contributed by atoms with Crippen molar-refractivity contribution in [3.63, 3.8) is 0 Å². The Morgan fingerprint density at radius 3 is 2.84 bits per heavy atom. The molecule has 1 aromatic rings. The Hall–Kier alpha value is -1.88. The van der Waals surface area contributed by atoms with Crippen LogP contribution in [-0.4, -0.2) is 48.9 Å². The van der Waals surface area contributed by atoms with Crippen LogP contribution in [-0.2, 0) is 4.79 Å². The number of benzene rings is 1. The van der Waals surface area contributed by atoms with Gasteiger partial charge in [-0.25, -0.2) is 0 Å². The molecule has 1 N–H and O–H groups in total. The first-order valence-corrected chi connectivity index (χ1v) is 9.47. The van der Waals surface area contributed by atoms with Crippen LogP contribution in [0, 0.1) is 5.92 Å². The second kappa shape index (κ2) is 8.00. The van der Waals surface area contributed by atoms with E-state index in [1.165, 1.54) is 12.8 Å². The van der Waals surface area contributed by atoms with Crippen molar-refractivity contribution in [1.29, 1.82) is 0 Å². The van der Waals surface area contributed by atoms with Crippen LogP contribution in [0.2, 0.25) is 0 Å². The standard InChI is InChI=1S/C20H29N3O2/c1-15(2)22-10-4-6-16(14-22)13-21-20(25)17-7-3-8-18(12-17)23-11-5-9-19(23)24/h3,7-8,12,15-16H,4-6,9-11,13-14H2,1-2H3,(H,21,25). The SMILES string of the molecule is CC(C)N1CCCC(CNC(=O)c2cccc(N3CCCC3=O)c2)C1. The van der Waals surface area contributed by atoms with Gasteiger partial charge in [0.25, 0.3) is 5.91 Å². The summed E-state index contributed by atoms with van der Waals surface area (Å²) in [6.07, 6.45) is 3.87. The van der Waals surface area contributed by atoms with Crippen LogP contribution in [0.4, 0.5) is 5.69 Å². The molecule has 5 heteroatoms. The summed E-state index contributed by atoms with van der Waals surface area (Å²) in [6.45, 7) is 8.14. The van der Waals surface area contributed by atoms with E-state index in [1.54, 1.807) is 4.90 Å². The number of anilines is 1. The van der Waals surface area contributed by atoms with E-state index < -0.39 is 0 Å². The van der Waals surface area contributed by atoms with E-state index in [0.29, 0.717) is 23.9 Å². The van der Waals surface area contributed by atoms with E-state index in [-0.39, 0.29) is 11.8 Å². The van der Waals surface area contributed by atoms with E-state index in [4.69, 9.17) is 0 Å². The van der Waals surface area contributed by atoms with Gasteiger partial charge in [0.05, 0.1) is 0 Å². The molecule has 0 spiro atoms. The van der Waals surface area contributed by atoms with Crippen molar-refractivity contribution in [2.45, 2.75) is 45.6 Å². The van der Waals surface area contributed by atoms with Crippen molar-refractivity contribution in [3.8, 4) is 0 Å². The predicted octanol–water partition coefficient (Wildman–Crippen LogP) is 2.66. The molecule has 2 fully saturated rings. The van der Waals surface area contributed by atoms with Gasteiger partial charge in [-0.15, -0.1) is 0 Å². The minimum Gasteiger partial charge on any atom is -0.352 e. The number of nitrogens with one attached hydrogen (secondary N) is 1. The van der Waals surface area contributed by atoms with Crippen molar-refractivity contribution >= 4 is 17.5 Å². The second-order valence-electron chi connectivity index (χ2n) is 7.51. The van der Waals surface area contributed by atoms with Crippen molar-refractivity contribution in [3.05, 3.63) is 29.8 Å². The summed E-state index contributed by atoms with van der Waals surface area (Å²) in [5.74, 6) is 0.618. The van der Waals surface area contributed by atoms with Crippen molar-refractivity contribution in [2.75, 3.05) is 31.1 Å². The smallest absolute Gasteiger partial charge is 0.251 e. The number of nitrogens with zero attached hydrogens (tertiary/aromatic N) is 2. The maximum Gasteiger partial charge on any atom is 0.251 e. The number of rotatable bonds is 5. The molecule has 2 heterocycles. The first-order chi connectivity index (χ1) is 12.0. The van der Waals surface area contributed by atoms with Gasteiger partial charge in [-0.2, -0.15) is 0 Å². The predicted molar refractivity (Wildman–Crippen MR) is 99.8 cm³/mol. The van der Waals surface area contributed by atoms with Crippen molar-refractivity contribution in [1.82, 2.24) is 10.2 Å². The average molecular weight is 343 g/mol. The lowest BCUT2D eigenvalue weighted by Crippen LogP contribution is -2.43. The fourth-order valence-electron chi connectivity index (χ4n) is 3.81. The molecule has 0 saturated carbocycles. The molecule has 0 bridgehead atoms. The topological polar surface area (TPSA) is 52.7 Å². The molecule has 1 aromatic carbocycles. The van der Waals surface area contributed by atoms with E-state index in [0.717, 1.165) is 38.3 Å². The van der Waals surface area contributed by atoms with Gasteiger partial charge in [0, 0.05) is 43.3 Å². The Bertz CT molecular complexity index is 629. The molecule has 25 heavy (non-hydrogen) atoms. The van der Waals surface area contributed by atoms with Crippen LogP contribution in [0.1, 0.15) is 49.9 Å². The van der Waals surface area contributed by atoms with Crippen molar-refractivity contribution < 1.29 is 9.59 Å². The molecular weight excluding hydrogens is 314 g/mol. The average Bonchev–Trinajstić information content (AvgIpc) is 3.06. The molecule has 2 saturated heterocycles. The highest BCUT2D eigenvalue weighted by atomic mass is 16.2. The quantitative estimate of drug-likeness (QED) is 0.894. The Kier molecular flexibility index (Phi) is 5.74. The maximum absolute atomic E-state index is 12.5. The van der Waals surface area contributed by atoms with Gasteiger partial charge in [-0.3, -0.25) is 9.59 Å². The zero-order chi connectivity index (χ0) is 17.8. The van der Waals surface area contributed by atoms with Gasteiger partial charge in [0.1, 0.15) is 0 Å². The normalized spacial score (nSPS) is 21.8. The van der Waals surface area contributed by atoms with Gasteiger partial charge >= 0.3 is 0 Å². The number of piperidine rings is 1. The molecule has 3 rings (SSSR count). The number of carbonyl (C=O) groups is 2. The van der Waals surface area contributed by atoms with E-state index in [9.17, 15) is 9.59 Å². The third kappa shape index (κ3) is 4.40. The third-order valence-corrected chi connectivity index (χ3v) is 5.33. The van der Waals surface area contributed by atoms with Gasteiger partial charge in [0.15, 0.2) is 0 Å². The lowest BCUT2D eigenvalue weighted by molar-refractivity contribution is -0.117. The van der Waals surface area contributed by atoms with Crippen molar-refractivity contribution in [2.24, 2.45) is 5.92 Å². The number of hydrogen-bond acceptors (Lipinski definition) is 3. The first kappa shape index (κ1) is 17.9. The molecule has 136 valence electrons. The Morgan fingerprint density at radius 1 is 1.28 bits per heavy atom. The summed E-state index contributed by atoms with van der Waals surface area (Å²) < 4.78 is 0. The summed E-state index contributed by atoms with van der Waals surface area (Å²) in [5.41, 5.74) is 1.47. The van der Waals surface area contributed by atoms with Gasteiger partial charge in [-0.05, 0) is 63.8 Å². The lowest BCUT2D eigenvalue weighted by Gasteiger charge is -2.35. The van der Waals surface area contributed by atoms with Gasteiger partial charge in [0.2, 0.25) is 5.91 Å². The fraction of sp³-hybridized carbons (Fsp3) is 0.600. The summed E-state index contributed by atoms with van der Waals surface area (Å²) in [5, 5.41) is 3.09. The fourth-order valence-corrected chi connectivity index (χ4v) is 3.81. The molecule has 0 aliphatic carbocycles. The van der Waals surface area contributed by atoms with Crippen LogP contribution >= 0.6 is 0 Å². The van der Waals surface area contributed by atoms with Crippen LogP contribution < -0.4 is 10.2 Å².